The molecule has 3 heterocycles. The summed E-state index contributed by atoms with van der Waals surface area (Å²) in [6.07, 6.45) is 1.97. The molecule has 0 radical (unpaired) electrons. The molecular weight excluding hydrogens is 442 g/mol. The van der Waals surface area contributed by atoms with Crippen LogP contribution in [0.3, 0.4) is 0 Å². The minimum absolute atomic E-state index is 0.0824. The monoisotopic (exact) mass is 463 g/mol. The van der Waals surface area contributed by atoms with Crippen LogP contribution < -0.4 is 10.5 Å². The second-order valence-corrected chi connectivity index (χ2v) is 12.0. The topological polar surface area (TPSA) is 97.5 Å². The van der Waals surface area contributed by atoms with Crippen molar-refractivity contribution in [1.29, 1.82) is 0 Å². The Kier molecular flexibility index (Phi) is 4.30. The van der Waals surface area contributed by atoms with Gasteiger partial charge in [-0.05, 0) is 44.4 Å². The lowest BCUT2D eigenvalue weighted by Crippen LogP contribution is -2.61. The number of nitrogens with two attached hydrogens (primary N) is 1. The fourth-order valence-corrected chi connectivity index (χ4v) is 8.74. The van der Waals surface area contributed by atoms with Gasteiger partial charge in [-0.15, -0.1) is 11.3 Å². The highest BCUT2D eigenvalue weighted by Gasteiger charge is 2.58. The molecule has 0 amide bonds. The summed E-state index contributed by atoms with van der Waals surface area (Å²) in [4.78, 5) is 9.72. The Bertz CT molecular complexity index is 1300. The molecule has 1 atom stereocenters. The van der Waals surface area contributed by atoms with Crippen LogP contribution >= 0.6 is 22.9 Å². The minimum Gasteiger partial charge on any atom is -0.495 e. The van der Waals surface area contributed by atoms with E-state index in [2.05, 4.69) is 4.98 Å². The van der Waals surface area contributed by atoms with Gasteiger partial charge in [-0.3, -0.25) is 4.99 Å². The summed E-state index contributed by atoms with van der Waals surface area (Å²) in [5.74, 6) is 0.903. The molecule has 1 aliphatic heterocycles. The standard InChI is InChI=1S/C21H22ClN3O3S2/c1-20(11-30(26,27)21(7-4-8-21)19(23)25-20)18-13(22)10-16(29-18)14-9-12-5-3-6-15(28-2)17(12)24-14/h3,5-6,9-10,24H,4,7-8,11H2,1-2H3,(H2,23,25)/t20-/m0/s1. The van der Waals surface area contributed by atoms with Crippen LogP contribution in [0.1, 0.15) is 31.1 Å². The van der Waals surface area contributed by atoms with Crippen molar-refractivity contribution < 1.29 is 13.2 Å². The molecule has 6 nitrogen and oxygen atoms in total. The van der Waals surface area contributed by atoms with Crippen LogP contribution in [0.15, 0.2) is 35.3 Å². The van der Waals surface area contributed by atoms with Gasteiger partial charge in [0.1, 0.15) is 21.9 Å². The van der Waals surface area contributed by atoms with E-state index < -0.39 is 20.1 Å². The molecule has 0 saturated heterocycles. The number of rotatable bonds is 3. The van der Waals surface area contributed by atoms with E-state index in [-0.39, 0.29) is 11.6 Å². The summed E-state index contributed by atoms with van der Waals surface area (Å²) in [6.45, 7) is 1.80. The summed E-state index contributed by atoms with van der Waals surface area (Å²) < 4.78 is 30.8. The number of hydrogen-bond acceptors (Lipinski definition) is 6. The van der Waals surface area contributed by atoms with Crippen molar-refractivity contribution in [2.45, 2.75) is 36.5 Å². The minimum atomic E-state index is -3.43. The van der Waals surface area contributed by atoms with Crippen LogP contribution in [0.4, 0.5) is 0 Å². The number of H-pyrrole nitrogens is 1. The predicted molar refractivity (Wildman–Crippen MR) is 123 cm³/mol. The largest absolute Gasteiger partial charge is 0.495 e. The highest BCUT2D eigenvalue weighted by atomic mass is 35.5. The summed E-state index contributed by atoms with van der Waals surface area (Å²) in [5.41, 5.74) is 7.03. The Morgan fingerprint density at radius 1 is 1.30 bits per heavy atom. The Morgan fingerprint density at radius 3 is 2.70 bits per heavy atom. The molecule has 3 aromatic rings. The van der Waals surface area contributed by atoms with Crippen molar-refractivity contribution in [3.63, 3.8) is 0 Å². The number of ether oxygens (including phenoxy) is 1. The molecule has 2 aliphatic rings. The van der Waals surface area contributed by atoms with Crippen LogP contribution in [0.2, 0.25) is 5.02 Å². The molecule has 9 heteroatoms. The van der Waals surface area contributed by atoms with Crippen molar-refractivity contribution in [3.8, 4) is 16.3 Å². The highest BCUT2D eigenvalue weighted by Crippen LogP contribution is 2.50. The van der Waals surface area contributed by atoms with Crippen LogP contribution in [-0.2, 0) is 15.4 Å². The number of thiophene rings is 1. The molecule has 0 bridgehead atoms. The van der Waals surface area contributed by atoms with E-state index in [1.165, 1.54) is 11.3 Å². The molecule has 3 N–H and O–H groups in total. The Labute approximate surface area is 184 Å². The average Bonchev–Trinajstić information content (AvgIpc) is 3.22. The number of methoxy groups -OCH3 is 1. The highest BCUT2D eigenvalue weighted by molar-refractivity contribution is 7.93. The molecule has 1 saturated carbocycles. The third-order valence-corrected chi connectivity index (χ3v) is 10.9. The first-order valence-electron chi connectivity index (χ1n) is 9.73. The molecule has 1 fully saturated rings. The number of aromatic amines is 1. The molecule has 1 aliphatic carbocycles. The second-order valence-electron chi connectivity index (χ2n) is 8.27. The number of nitrogens with zero attached hydrogens (tertiary/aromatic N) is 1. The molecule has 0 unspecified atom stereocenters. The Morgan fingerprint density at radius 2 is 2.07 bits per heavy atom. The zero-order valence-corrected chi connectivity index (χ0v) is 19.0. The van der Waals surface area contributed by atoms with Gasteiger partial charge < -0.3 is 15.5 Å². The molecular formula is C21H22ClN3O3S2. The van der Waals surface area contributed by atoms with E-state index in [4.69, 9.17) is 27.1 Å². The normalized spacial score (nSPS) is 24.6. The SMILES string of the molecule is COc1cccc2cc(-c3cc(Cl)c([C@]4(C)CS(=O)(=O)C5(CCC5)C(N)=N4)s3)[nH]c12. The average molecular weight is 464 g/mol. The van der Waals surface area contributed by atoms with Gasteiger partial charge in [0.25, 0.3) is 0 Å². The smallest absolute Gasteiger partial charge is 0.165 e. The maximum Gasteiger partial charge on any atom is 0.165 e. The number of nitrogens with one attached hydrogen (secondary N) is 1. The summed E-state index contributed by atoms with van der Waals surface area (Å²) in [6, 6.07) is 9.73. The lowest BCUT2D eigenvalue weighted by atomic mass is 9.82. The molecule has 5 rings (SSSR count). The van der Waals surface area contributed by atoms with Crippen LogP contribution in [0.25, 0.3) is 21.5 Å². The number of aromatic nitrogens is 1. The summed E-state index contributed by atoms with van der Waals surface area (Å²) in [5, 5.41) is 1.52. The number of hydrogen-bond donors (Lipinski definition) is 2. The zero-order chi connectivity index (χ0) is 21.3. The Balaban J connectivity index is 1.60. The van der Waals surface area contributed by atoms with E-state index >= 15 is 0 Å². The quantitative estimate of drug-likeness (QED) is 0.598. The van der Waals surface area contributed by atoms with Gasteiger partial charge in [0.15, 0.2) is 9.84 Å². The van der Waals surface area contributed by atoms with Crippen molar-refractivity contribution in [1.82, 2.24) is 4.98 Å². The van der Waals surface area contributed by atoms with Crippen molar-refractivity contribution in [2.75, 3.05) is 12.9 Å². The first-order chi connectivity index (χ1) is 14.2. The third kappa shape index (κ3) is 2.66. The van der Waals surface area contributed by atoms with Gasteiger partial charge in [-0.2, -0.15) is 0 Å². The molecule has 1 spiro atoms. The van der Waals surface area contributed by atoms with Crippen molar-refractivity contribution in [2.24, 2.45) is 10.7 Å². The fourth-order valence-electron chi connectivity index (χ4n) is 4.55. The van der Waals surface area contributed by atoms with E-state index in [0.717, 1.165) is 33.6 Å². The number of aliphatic imine (C=N–C) groups is 1. The maximum atomic E-state index is 13.1. The number of amidine groups is 1. The first-order valence-corrected chi connectivity index (χ1v) is 12.6. The van der Waals surface area contributed by atoms with Gasteiger partial charge in [-0.1, -0.05) is 23.7 Å². The van der Waals surface area contributed by atoms with E-state index in [1.807, 2.05) is 30.3 Å². The van der Waals surface area contributed by atoms with Gasteiger partial charge in [0, 0.05) is 5.39 Å². The molecule has 158 valence electrons. The number of halogens is 1. The van der Waals surface area contributed by atoms with E-state index in [0.29, 0.717) is 22.7 Å². The number of benzene rings is 1. The van der Waals surface area contributed by atoms with Crippen molar-refractivity contribution in [3.05, 3.63) is 40.2 Å². The number of para-hydroxylation sites is 1. The van der Waals surface area contributed by atoms with Gasteiger partial charge in [0.2, 0.25) is 0 Å². The Hall–Kier alpha value is -2.03. The van der Waals surface area contributed by atoms with Crippen LogP contribution in [0.5, 0.6) is 5.75 Å². The van der Waals surface area contributed by atoms with Gasteiger partial charge in [-0.25, -0.2) is 8.42 Å². The molecule has 2 aromatic heterocycles. The van der Waals surface area contributed by atoms with E-state index in [9.17, 15) is 8.42 Å². The fraction of sp³-hybridized carbons (Fsp3) is 0.381. The first kappa shape index (κ1) is 19.9. The van der Waals surface area contributed by atoms with Gasteiger partial charge >= 0.3 is 0 Å². The van der Waals surface area contributed by atoms with Crippen LogP contribution in [-0.4, -0.2) is 36.8 Å². The van der Waals surface area contributed by atoms with E-state index in [1.54, 1.807) is 14.0 Å². The zero-order valence-electron chi connectivity index (χ0n) is 16.7. The molecule has 30 heavy (non-hydrogen) atoms. The molecule has 1 aromatic carbocycles. The maximum absolute atomic E-state index is 13.1. The third-order valence-electron chi connectivity index (χ3n) is 6.34. The summed E-state index contributed by atoms with van der Waals surface area (Å²) >= 11 is 8.05. The predicted octanol–water partition coefficient (Wildman–Crippen LogP) is 4.48. The number of sulfone groups is 1. The lowest BCUT2D eigenvalue weighted by Gasteiger charge is -2.46. The number of fused-ring (bicyclic) bond motifs is 1. The second kappa shape index (κ2) is 6.48. The van der Waals surface area contributed by atoms with Crippen molar-refractivity contribution >= 4 is 49.5 Å². The summed E-state index contributed by atoms with van der Waals surface area (Å²) in [7, 11) is -1.79. The van der Waals surface area contributed by atoms with Gasteiger partial charge in [0.05, 0.1) is 38.9 Å². The lowest BCUT2D eigenvalue weighted by molar-refractivity contribution is 0.393. The van der Waals surface area contributed by atoms with Crippen LogP contribution in [0, 0.1) is 0 Å².